The SMILES string of the molecule is CC(C)C[C@H](NC(=O)[C@H](CO)NC(=O)[C@H](Cc1ccccc1)NC(=O)CN)C(=O)N[C@@H](CO)C(=O)N[C@@H](CO)C(=O)N[C@@H](Cc1ccc(O)cc1)C(=O)N[C@@H](Cc1c[nH]cn1)C(=O)O. The number of phenolic OH excluding ortho intramolecular Hbond substituents is 1. The van der Waals surface area contributed by atoms with E-state index in [2.05, 4.69) is 47.2 Å². The largest absolute Gasteiger partial charge is 0.508 e. The van der Waals surface area contributed by atoms with Crippen LogP contribution in [0.2, 0.25) is 0 Å². The number of carboxylic acid groups (broad SMARTS) is 1. The lowest BCUT2D eigenvalue weighted by atomic mass is 10.0. The third kappa shape index (κ3) is 16.7. The van der Waals surface area contributed by atoms with Crippen LogP contribution in [0.25, 0.3) is 0 Å². The minimum Gasteiger partial charge on any atom is -0.508 e. The monoisotopic (exact) mass is 896 g/mol. The number of phenols is 1. The number of H-pyrrole nitrogens is 1. The van der Waals surface area contributed by atoms with Crippen LogP contribution in [0, 0.1) is 5.92 Å². The van der Waals surface area contributed by atoms with Crippen molar-refractivity contribution in [3.8, 4) is 5.75 Å². The fraction of sp³-hybridized carbons (Fsp3) is 0.439. The summed E-state index contributed by atoms with van der Waals surface area (Å²) in [6.07, 6.45) is 2.26. The lowest BCUT2D eigenvalue weighted by molar-refractivity contribution is -0.142. The molecule has 3 aromatic rings. The van der Waals surface area contributed by atoms with Gasteiger partial charge in [-0.15, -0.1) is 0 Å². The van der Waals surface area contributed by atoms with Crippen molar-refractivity contribution in [2.45, 2.75) is 81.8 Å². The number of aromatic hydroxyl groups is 1. The molecule has 348 valence electrons. The molecule has 7 atom stereocenters. The molecule has 0 aliphatic rings. The number of carboxylic acids is 1. The van der Waals surface area contributed by atoms with Crippen molar-refractivity contribution in [3.63, 3.8) is 0 Å². The van der Waals surface area contributed by atoms with Gasteiger partial charge in [0.25, 0.3) is 0 Å². The zero-order valence-corrected chi connectivity index (χ0v) is 35.2. The van der Waals surface area contributed by atoms with Crippen LogP contribution in [0.4, 0.5) is 0 Å². The van der Waals surface area contributed by atoms with Crippen LogP contribution < -0.4 is 43.0 Å². The normalized spacial score (nSPS) is 14.3. The maximum Gasteiger partial charge on any atom is 0.326 e. The van der Waals surface area contributed by atoms with Crippen molar-refractivity contribution in [1.29, 1.82) is 0 Å². The van der Waals surface area contributed by atoms with E-state index in [9.17, 15) is 63.9 Å². The van der Waals surface area contributed by atoms with Gasteiger partial charge in [0, 0.05) is 25.5 Å². The number of aromatic amines is 1. The van der Waals surface area contributed by atoms with Crippen LogP contribution in [-0.2, 0) is 57.6 Å². The third-order valence-electron chi connectivity index (χ3n) is 9.50. The molecule has 1 heterocycles. The quantitative estimate of drug-likeness (QED) is 0.0362. The average Bonchev–Trinajstić information content (AvgIpc) is 3.79. The average molecular weight is 897 g/mol. The van der Waals surface area contributed by atoms with Crippen molar-refractivity contribution in [3.05, 3.63) is 83.9 Å². The Hall–Kier alpha value is -6.95. The van der Waals surface area contributed by atoms with Gasteiger partial charge < -0.3 is 73.5 Å². The fourth-order valence-corrected chi connectivity index (χ4v) is 6.12. The van der Waals surface area contributed by atoms with Gasteiger partial charge in [0.05, 0.1) is 38.4 Å². The van der Waals surface area contributed by atoms with E-state index in [1.807, 2.05) is 0 Å². The number of hydrogen-bond acceptors (Lipinski definition) is 14. The van der Waals surface area contributed by atoms with Crippen molar-refractivity contribution in [2.75, 3.05) is 26.4 Å². The van der Waals surface area contributed by atoms with Crippen LogP contribution >= 0.6 is 0 Å². The van der Waals surface area contributed by atoms with E-state index in [1.165, 1.54) is 36.8 Å². The van der Waals surface area contributed by atoms with Gasteiger partial charge in [0.15, 0.2) is 0 Å². The lowest BCUT2D eigenvalue weighted by Gasteiger charge is -2.27. The predicted octanol–water partition coefficient (Wildman–Crippen LogP) is -4.40. The number of aliphatic carboxylic acids is 1. The number of benzene rings is 2. The van der Waals surface area contributed by atoms with E-state index >= 15 is 0 Å². The van der Waals surface area contributed by atoms with Gasteiger partial charge in [-0.25, -0.2) is 9.78 Å². The molecular formula is C41H56N10O13. The van der Waals surface area contributed by atoms with Gasteiger partial charge in [-0.2, -0.15) is 0 Å². The summed E-state index contributed by atoms with van der Waals surface area (Å²) in [5, 5.41) is 66.3. The molecule has 0 bridgehead atoms. The summed E-state index contributed by atoms with van der Waals surface area (Å²) in [6.45, 7) is -0.0139. The zero-order chi connectivity index (χ0) is 47.3. The summed E-state index contributed by atoms with van der Waals surface area (Å²) in [5.74, 6) is -8.51. The highest BCUT2D eigenvalue weighted by molar-refractivity contribution is 5.97. The number of imidazole rings is 1. The summed E-state index contributed by atoms with van der Waals surface area (Å²) < 4.78 is 0. The van der Waals surface area contributed by atoms with Gasteiger partial charge in [0.2, 0.25) is 41.4 Å². The van der Waals surface area contributed by atoms with Crippen molar-refractivity contribution in [1.82, 2.24) is 47.2 Å². The van der Waals surface area contributed by atoms with E-state index in [0.717, 1.165) is 0 Å². The highest BCUT2D eigenvalue weighted by Crippen LogP contribution is 2.13. The molecule has 7 amide bonds. The van der Waals surface area contributed by atoms with E-state index in [4.69, 9.17) is 5.73 Å². The second-order valence-electron chi connectivity index (χ2n) is 15.0. The maximum absolute atomic E-state index is 13.6. The Balaban J connectivity index is 1.72. The molecule has 0 radical (unpaired) electrons. The maximum atomic E-state index is 13.6. The Labute approximate surface area is 367 Å². The molecular weight excluding hydrogens is 841 g/mol. The lowest BCUT2D eigenvalue weighted by Crippen LogP contribution is -2.61. The van der Waals surface area contributed by atoms with Crippen LogP contribution in [0.1, 0.15) is 37.1 Å². The number of aliphatic hydroxyl groups is 3. The summed E-state index contributed by atoms with van der Waals surface area (Å²) >= 11 is 0. The minimum atomic E-state index is -1.78. The molecule has 0 aliphatic carbocycles. The number of hydrogen-bond donors (Lipinski definition) is 14. The summed E-state index contributed by atoms with van der Waals surface area (Å²) in [4.78, 5) is 111. The first kappa shape index (κ1) is 51.4. The number of carbonyl (C=O) groups excluding carboxylic acids is 7. The minimum absolute atomic E-state index is 0.0100. The Morgan fingerprint density at radius 3 is 1.44 bits per heavy atom. The van der Waals surface area contributed by atoms with Crippen LogP contribution in [-0.4, -0.2) is 151 Å². The molecule has 0 aliphatic heterocycles. The highest BCUT2D eigenvalue weighted by Gasteiger charge is 2.34. The second-order valence-corrected chi connectivity index (χ2v) is 15.0. The number of aromatic nitrogens is 2. The molecule has 23 heteroatoms. The number of nitrogens with zero attached hydrogens (tertiary/aromatic N) is 1. The van der Waals surface area contributed by atoms with Crippen molar-refractivity contribution >= 4 is 47.3 Å². The first-order valence-corrected chi connectivity index (χ1v) is 20.1. The standard InChI is InChI=1S/C41H56N10O13/c1-22(2)12-27(46-38(60)31(18-52)50-36(58)28(45-34(56)16-42)13-23-6-4-3-5-7-23)35(57)49-33(20-54)40(62)51-32(19-53)39(61)47-29(14-24-8-10-26(55)11-9-24)37(59)48-30(41(63)64)15-25-17-43-21-44-25/h3-11,17,21-22,27-33,52-55H,12-16,18-20,42H2,1-2H3,(H,43,44)(H,45,56)(H,46,60)(H,47,61)(H,48,59)(H,49,57)(H,50,58)(H,51,62)(H,63,64)/t27-,28-,29-,30-,31-,32-,33-/m0/s1. The topological polar surface area (TPSA) is 377 Å². The van der Waals surface area contributed by atoms with Gasteiger partial charge in [0.1, 0.15) is 48.0 Å². The van der Waals surface area contributed by atoms with Crippen molar-refractivity contribution < 1.29 is 63.9 Å². The number of rotatable bonds is 26. The fourth-order valence-electron chi connectivity index (χ4n) is 6.12. The van der Waals surface area contributed by atoms with Crippen molar-refractivity contribution in [2.24, 2.45) is 11.7 Å². The van der Waals surface area contributed by atoms with Crippen LogP contribution in [0.5, 0.6) is 5.75 Å². The second kappa shape index (κ2) is 25.9. The Morgan fingerprint density at radius 2 is 1.00 bits per heavy atom. The summed E-state index contributed by atoms with van der Waals surface area (Å²) in [5.41, 5.74) is 6.82. The molecule has 3 rings (SSSR count). The molecule has 0 fully saturated rings. The molecule has 2 aromatic carbocycles. The van der Waals surface area contributed by atoms with E-state index < -0.39 is 116 Å². The number of amides is 7. The van der Waals surface area contributed by atoms with Gasteiger partial charge in [-0.1, -0.05) is 56.3 Å². The zero-order valence-electron chi connectivity index (χ0n) is 35.2. The molecule has 0 saturated heterocycles. The molecule has 0 unspecified atom stereocenters. The molecule has 23 nitrogen and oxygen atoms in total. The van der Waals surface area contributed by atoms with E-state index in [-0.39, 0.29) is 37.4 Å². The molecule has 15 N–H and O–H groups in total. The first-order valence-electron chi connectivity index (χ1n) is 20.1. The van der Waals surface area contributed by atoms with Crippen LogP contribution in [0.3, 0.4) is 0 Å². The van der Waals surface area contributed by atoms with Gasteiger partial charge >= 0.3 is 5.97 Å². The predicted molar refractivity (Wildman–Crippen MR) is 225 cm³/mol. The molecule has 0 spiro atoms. The Morgan fingerprint density at radius 1 is 0.578 bits per heavy atom. The summed E-state index contributed by atoms with van der Waals surface area (Å²) in [7, 11) is 0. The van der Waals surface area contributed by atoms with Crippen LogP contribution in [0.15, 0.2) is 67.1 Å². The number of nitrogens with two attached hydrogens (primary N) is 1. The van der Waals surface area contributed by atoms with Gasteiger partial charge in [-0.3, -0.25) is 33.6 Å². The van der Waals surface area contributed by atoms with E-state index in [0.29, 0.717) is 16.8 Å². The number of aliphatic hydroxyl groups excluding tert-OH is 3. The smallest absolute Gasteiger partial charge is 0.326 e. The first-order chi connectivity index (χ1) is 30.5. The Bertz CT molecular complexity index is 2020. The molecule has 1 aromatic heterocycles. The highest BCUT2D eigenvalue weighted by atomic mass is 16.4. The number of carbonyl (C=O) groups is 8. The Kier molecular flexibility index (Phi) is 20.8. The molecule has 64 heavy (non-hydrogen) atoms. The van der Waals surface area contributed by atoms with E-state index in [1.54, 1.807) is 44.2 Å². The third-order valence-corrected chi connectivity index (χ3v) is 9.50. The van der Waals surface area contributed by atoms with Gasteiger partial charge in [-0.05, 0) is 35.6 Å². The summed E-state index contributed by atoms with van der Waals surface area (Å²) in [6, 6.07) is 3.39. The number of nitrogens with one attached hydrogen (secondary N) is 8. The molecule has 0 saturated carbocycles.